The summed E-state index contributed by atoms with van der Waals surface area (Å²) in [4.78, 5) is 17.3. The lowest BCUT2D eigenvalue weighted by molar-refractivity contribution is -0.115. The van der Waals surface area contributed by atoms with Gasteiger partial charge in [0.15, 0.2) is 11.5 Å². The van der Waals surface area contributed by atoms with Gasteiger partial charge in [-0.15, -0.1) is 5.10 Å². The number of unbranched alkanes of at least 4 members (excludes halogenated alkanes) is 1. The molecule has 1 unspecified atom stereocenters. The number of nitrogens with zero attached hydrogens (tertiary/aromatic N) is 3. The number of anilines is 1. The molecule has 4 rings (SSSR count). The van der Waals surface area contributed by atoms with Crippen LogP contribution in [0.15, 0.2) is 51.2 Å². The Labute approximate surface area is 244 Å². The standard InChI is InChI=1S/C26H28BrCl2N5O3S/c1-4-6-9-38-26-32-25-31-14(3)21(24(30)35)22(34(25)33-26)16-11-17(27)23(20(12-16)36-5-2)37-13-15-7-8-18(28)19(29)10-15/h7-8,10-12,22H,4-6,9,13H2,1-3H3,(H2,30,35)(H,31,32,33). The number of hydrogen-bond acceptors (Lipinski definition) is 7. The highest BCUT2D eigenvalue weighted by molar-refractivity contribution is 9.10. The Morgan fingerprint density at radius 3 is 2.68 bits per heavy atom. The number of allylic oxidation sites excluding steroid dienone is 1. The van der Waals surface area contributed by atoms with Crippen molar-refractivity contribution in [3.8, 4) is 11.5 Å². The number of amides is 1. The van der Waals surface area contributed by atoms with Crippen LogP contribution in [0.2, 0.25) is 10.0 Å². The van der Waals surface area contributed by atoms with E-state index in [1.165, 1.54) is 0 Å². The summed E-state index contributed by atoms with van der Waals surface area (Å²) in [5.41, 5.74) is 8.47. The second kappa shape index (κ2) is 12.6. The summed E-state index contributed by atoms with van der Waals surface area (Å²) in [6, 6.07) is 8.47. The maximum absolute atomic E-state index is 12.6. The van der Waals surface area contributed by atoms with Crippen molar-refractivity contribution in [1.29, 1.82) is 0 Å². The summed E-state index contributed by atoms with van der Waals surface area (Å²) in [6.07, 6.45) is 2.14. The van der Waals surface area contributed by atoms with E-state index in [9.17, 15) is 4.79 Å². The fourth-order valence-electron chi connectivity index (χ4n) is 4.06. The molecule has 12 heteroatoms. The average molecular weight is 641 g/mol. The van der Waals surface area contributed by atoms with Gasteiger partial charge in [-0.3, -0.25) is 4.79 Å². The zero-order valence-electron chi connectivity index (χ0n) is 21.2. The number of halogens is 3. The third kappa shape index (κ3) is 6.25. The van der Waals surface area contributed by atoms with Gasteiger partial charge in [-0.25, -0.2) is 4.68 Å². The van der Waals surface area contributed by atoms with Crippen molar-refractivity contribution in [3.05, 3.63) is 67.2 Å². The number of thioether (sulfide) groups is 1. The third-order valence-corrected chi connectivity index (χ3v) is 8.09. The molecule has 1 aliphatic heterocycles. The zero-order valence-corrected chi connectivity index (χ0v) is 25.1. The van der Waals surface area contributed by atoms with Crippen molar-refractivity contribution >= 4 is 62.7 Å². The fourth-order valence-corrected chi connectivity index (χ4v) is 5.87. The van der Waals surface area contributed by atoms with Crippen molar-refractivity contribution in [2.75, 3.05) is 17.7 Å². The van der Waals surface area contributed by atoms with Gasteiger partial charge in [0.2, 0.25) is 17.0 Å². The molecule has 1 amide bonds. The first-order valence-electron chi connectivity index (χ1n) is 12.1. The van der Waals surface area contributed by atoms with E-state index in [4.69, 9.17) is 43.5 Å². The van der Waals surface area contributed by atoms with E-state index in [1.54, 1.807) is 28.6 Å². The first kappa shape index (κ1) is 28.6. The van der Waals surface area contributed by atoms with Gasteiger partial charge in [-0.05, 0) is 71.6 Å². The molecule has 2 heterocycles. The molecule has 202 valence electrons. The van der Waals surface area contributed by atoms with Gasteiger partial charge in [0.25, 0.3) is 0 Å². The summed E-state index contributed by atoms with van der Waals surface area (Å²) < 4.78 is 14.5. The molecule has 3 aromatic rings. The summed E-state index contributed by atoms with van der Waals surface area (Å²) >= 11 is 17.4. The molecule has 3 N–H and O–H groups in total. The number of primary amides is 1. The van der Waals surface area contributed by atoms with E-state index in [-0.39, 0.29) is 6.61 Å². The van der Waals surface area contributed by atoms with Crippen molar-refractivity contribution < 1.29 is 14.3 Å². The summed E-state index contributed by atoms with van der Waals surface area (Å²) in [5.74, 6) is 1.94. The fraction of sp³-hybridized carbons (Fsp3) is 0.346. The quantitative estimate of drug-likeness (QED) is 0.172. The second-order valence-electron chi connectivity index (χ2n) is 8.60. The number of hydrogen-bond donors (Lipinski definition) is 2. The molecule has 1 aliphatic rings. The SMILES string of the molecule is CCCCSc1nc2n(n1)C(c1cc(Br)c(OCc3ccc(Cl)c(Cl)c3)c(OCC)c1)C(C(N)=O)=C(C)N2. The molecule has 0 radical (unpaired) electrons. The highest BCUT2D eigenvalue weighted by atomic mass is 79.9. The minimum atomic E-state index is -0.601. The van der Waals surface area contributed by atoms with Gasteiger partial charge in [-0.1, -0.05) is 54.4 Å². The van der Waals surface area contributed by atoms with Gasteiger partial charge in [0.05, 0.1) is 26.7 Å². The maximum Gasteiger partial charge on any atom is 0.248 e. The second-order valence-corrected chi connectivity index (χ2v) is 11.3. The number of rotatable bonds is 11. The molecule has 1 atom stereocenters. The van der Waals surface area contributed by atoms with Gasteiger partial charge >= 0.3 is 0 Å². The van der Waals surface area contributed by atoms with Crippen LogP contribution in [0, 0.1) is 0 Å². The molecule has 38 heavy (non-hydrogen) atoms. The molecule has 0 fully saturated rings. The third-order valence-electron chi connectivity index (χ3n) is 5.84. The highest BCUT2D eigenvalue weighted by Crippen LogP contribution is 2.43. The number of ether oxygens (including phenoxy) is 2. The number of aromatic nitrogens is 3. The Morgan fingerprint density at radius 2 is 2.00 bits per heavy atom. The maximum atomic E-state index is 12.6. The number of carbonyl (C=O) groups is 1. The van der Waals surface area contributed by atoms with Gasteiger partial charge in [0, 0.05) is 11.4 Å². The molecule has 0 aliphatic carbocycles. The van der Waals surface area contributed by atoms with E-state index < -0.39 is 11.9 Å². The first-order chi connectivity index (χ1) is 18.2. The van der Waals surface area contributed by atoms with Crippen molar-refractivity contribution in [1.82, 2.24) is 14.8 Å². The number of nitrogens with two attached hydrogens (primary N) is 1. The van der Waals surface area contributed by atoms with Gasteiger partial charge in [-0.2, -0.15) is 4.98 Å². The molecule has 0 spiro atoms. The Kier molecular flexibility index (Phi) is 9.51. The predicted octanol–water partition coefficient (Wildman–Crippen LogP) is 6.99. The van der Waals surface area contributed by atoms with Crippen molar-refractivity contribution in [3.63, 3.8) is 0 Å². The molecule has 2 aromatic carbocycles. The first-order valence-corrected chi connectivity index (χ1v) is 14.7. The Bertz CT molecular complexity index is 1380. The lowest BCUT2D eigenvalue weighted by atomic mass is 9.95. The van der Waals surface area contributed by atoms with E-state index in [2.05, 4.69) is 33.2 Å². The van der Waals surface area contributed by atoms with Gasteiger partial charge < -0.3 is 20.5 Å². The van der Waals surface area contributed by atoms with E-state index >= 15 is 0 Å². The number of nitrogens with one attached hydrogen (secondary N) is 1. The summed E-state index contributed by atoms with van der Waals surface area (Å²) in [5, 5.41) is 9.47. The smallest absolute Gasteiger partial charge is 0.248 e. The van der Waals surface area contributed by atoms with Crippen molar-refractivity contribution in [2.24, 2.45) is 5.73 Å². The average Bonchev–Trinajstić information content (AvgIpc) is 3.27. The van der Waals surface area contributed by atoms with Crippen LogP contribution in [0.25, 0.3) is 0 Å². The number of fused-ring (bicyclic) bond motifs is 1. The molecular weight excluding hydrogens is 613 g/mol. The Balaban J connectivity index is 1.73. The lowest BCUT2D eigenvalue weighted by Crippen LogP contribution is -2.32. The van der Waals surface area contributed by atoms with Crippen LogP contribution < -0.4 is 20.5 Å². The van der Waals surface area contributed by atoms with Crippen LogP contribution in [-0.2, 0) is 11.4 Å². The van der Waals surface area contributed by atoms with Gasteiger partial charge in [0.1, 0.15) is 12.6 Å². The number of carbonyl (C=O) groups excluding carboxylic acids is 1. The molecule has 0 bridgehead atoms. The molecule has 8 nitrogen and oxygen atoms in total. The van der Waals surface area contributed by atoms with Crippen LogP contribution in [0.4, 0.5) is 5.95 Å². The Hall–Kier alpha value is -2.40. The van der Waals surface area contributed by atoms with Crippen LogP contribution in [-0.4, -0.2) is 33.0 Å². The largest absolute Gasteiger partial charge is 0.490 e. The molecule has 0 saturated heterocycles. The summed E-state index contributed by atoms with van der Waals surface area (Å²) in [6.45, 7) is 6.50. The van der Waals surface area contributed by atoms with Crippen LogP contribution in [0.1, 0.15) is 50.8 Å². The van der Waals surface area contributed by atoms with Crippen LogP contribution >= 0.6 is 50.9 Å². The monoisotopic (exact) mass is 639 g/mol. The normalized spacial score (nSPS) is 14.7. The van der Waals surface area contributed by atoms with Crippen molar-refractivity contribution in [2.45, 2.75) is 51.4 Å². The molecule has 0 saturated carbocycles. The van der Waals surface area contributed by atoms with Crippen LogP contribution in [0.5, 0.6) is 11.5 Å². The zero-order chi connectivity index (χ0) is 27.4. The topological polar surface area (TPSA) is 104 Å². The predicted molar refractivity (Wildman–Crippen MR) is 155 cm³/mol. The number of benzene rings is 2. The van der Waals surface area contributed by atoms with Crippen LogP contribution in [0.3, 0.4) is 0 Å². The minimum absolute atomic E-state index is 0.249. The minimum Gasteiger partial charge on any atom is -0.490 e. The van der Waals surface area contributed by atoms with E-state index in [1.807, 2.05) is 32.0 Å². The molecule has 1 aromatic heterocycles. The highest BCUT2D eigenvalue weighted by Gasteiger charge is 2.34. The summed E-state index contributed by atoms with van der Waals surface area (Å²) in [7, 11) is 0. The molecular formula is C26H28BrCl2N5O3S. The lowest BCUT2D eigenvalue weighted by Gasteiger charge is -2.28. The Morgan fingerprint density at radius 1 is 1.21 bits per heavy atom. The van der Waals surface area contributed by atoms with E-state index in [0.29, 0.717) is 55.0 Å². The van der Waals surface area contributed by atoms with E-state index in [0.717, 1.165) is 29.7 Å².